The van der Waals surface area contributed by atoms with Crippen molar-refractivity contribution >= 4 is 46.4 Å². The summed E-state index contributed by atoms with van der Waals surface area (Å²) in [5.41, 5.74) is 0.453. The number of amides is 1. The van der Waals surface area contributed by atoms with Crippen LogP contribution in [0.15, 0.2) is 36.4 Å². The first-order valence-electron chi connectivity index (χ1n) is 6.21. The van der Waals surface area contributed by atoms with E-state index in [0.717, 1.165) is 0 Å². The van der Waals surface area contributed by atoms with Crippen molar-refractivity contribution < 1.29 is 14.3 Å². The molecule has 1 amide bonds. The first-order valence-corrected chi connectivity index (χ1v) is 7.35. The minimum absolute atomic E-state index is 0.251. The highest BCUT2D eigenvalue weighted by atomic mass is 35.5. The number of methoxy groups -OCH3 is 1. The molecule has 0 heterocycles. The van der Waals surface area contributed by atoms with Crippen molar-refractivity contribution in [3.63, 3.8) is 0 Å². The molecule has 2 rings (SSSR count). The highest BCUT2D eigenvalue weighted by Crippen LogP contribution is 2.32. The summed E-state index contributed by atoms with van der Waals surface area (Å²) < 4.78 is 10.5. The summed E-state index contributed by atoms with van der Waals surface area (Å²) in [4.78, 5) is 12.0. The third-order valence-electron chi connectivity index (χ3n) is 2.70. The molecule has 2 aromatic rings. The molecule has 0 saturated heterocycles. The predicted molar refractivity (Wildman–Crippen MR) is 88.6 cm³/mol. The van der Waals surface area contributed by atoms with Crippen LogP contribution >= 0.6 is 34.8 Å². The van der Waals surface area contributed by atoms with Gasteiger partial charge in [0.15, 0.2) is 12.4 Å². The Labute approximate surface area is 142 Å². The lowest BCUT2D eigenvalue weighted by atomic mass is 10.3. The molecule has 22 heavy (non-hydrogen) atoms. The van der Waals surface area contributed by atoms with E-state index < -0.39 is 5.91 Å². The average Bonchev–Trinajstić information content (AvgIpc) is 2.47. The Bertz CT molecular complexity index is 671. The van der Waals surface area contributed by atoms with Crippen molar-refractivity contribution in [2.24, 2.45) is 0 Å². The number of nitrogens with one attached hydrogen (secondary N) is 1. The van der Waals surface area contributed by atoms with Crippen molar-refractivity contribution in [3.05, 3.63) is 51.5 Å². The second-order valence-electron chi connectivity index (χ2n) is 4.23. The highest BCUT2D eigenvalue weighted by molar-refractivity contribution is 6.37. The number of rotatable bonds is 5. The zero-order valence-electron chi connectivity index (χ0n) is 11.5. The molecule has 0 aliphatic carbocycles. The van der Waals surface area contributed by atoms with Crippen molar-refractivity contribution in [2.45, 2.75) is 0 Å². The van der Waals surface area contributed by atoms with Crippen LogP contribution in [-0.2, 0) is 4.79 Å². The van der Waals surface area contributed by atoms with E-state index in [2.05, 4.69) is 5.32 Å². The number of para-hydroxylation sites is 1. The van der Waals surface area contributed by atoms with Crippen LogP contribution in [0.4, 0.5) is 5.69 Å². The second kappa shape index (κ2) is 7.58. The van der Waals surface area contributed by atoms with Crippen molar-refractivity contribution in [1.29, 1.82) is 0 Å². The summed E-state index contributed by atoms with van der Waals surface area (Å²) in [7, 11) is 1.50. The molecule has 7 heteroatoms. The van der Waals surface area contributed by atoms with Crippen LogP contribution in [0.5, 0.6) is 11.5 Å². The van der Waals surface area contributed by atoms with Crippen LogP contribution in [-0.4, -0.2) is 19.6 Å². The maximum absolute atomic E-state index is 12.0. The fourth-order valence-corrected chi connectivity index (χ4v) is 2.40. The molecule has 0 saturated carbocycles. The van der Waals surface area contributed by atoms with E-state index in [0.29, 0.717) is 26.5 Å². The molecule has 0 spiro atoms. The van der Waals surface area contributed by atoms with Crippen molar-refractivity contribution in [1.82, 2.24) is 0 Å². The van der Waals surface area contributed by atoms with Gasteiger partial charge in [-0.25, -0.2) is 0 Å². The van der Waals surface area contributed by atoms with Gasteiger partial charge in [0.1, 0.15) is 5.75 Å². The highest BCUT2D eigenvalue weighted by Gasteiger charge is 2.12. The number of hydrogen-bond donors (Lipinski definition) is 1. The molecule has 0 fully saturated rings. The van der Waals surface area contributed by atoms with E-state index in [4.69, 9.17) is 44.3 Å². The zero-order chi connectivity index (χ0) is 16.1. The van der Waals surface area contributed by atoms with Gasteiger partial charge in [0.25, 0.3) is 5.91 Å². The molecule has 0 aliphatic heterocycles. The second-order valence-corrected chi connectivity index (χ2v) is 5.48. The topological polar surface area (TPSA) is 47.6 Å². The van der Waals surface area contributed by atoms with E-state index in [9.17, 15) is 4.79 Å². The molecule has 0 aromatic heterocycles. The van der Waals surface area contributed by atoms with Crippen LogP contribution in [0.3, 0.4) is 0 Å². The summed E-state index contributed by atoms with van der Waals surface area (Å²) in [6, 6.07) is 9.84. The van der Waals surface area contributed by atoms with Gasteiger partial charge in [-0.15, -0.1) is 0 Å². The molecule has 0 unspecified atom stereocenters. The maximum Gasteiger partial charge on any atom is 0.262 e. The number of carbonyl (C=O) groups excluding carboxylic acids is 1. The number of anilines is 1. The number of carbonyl (C=O) groups is 1. The normalized spacial score (nSPS) is 10.2. The van der Waals surface area contributed by atoms with Gasteiger partial charge >= 0.3 is 0 Å². The van der Waals surface area contributed by atoms with Gasteiger partial charge < -0.3 is 14.8 Å². The Morgan fingerprint density at radius 2 is 1.82 bits per heavy atom. The zero-order valence-corrected chi connectivity index (χ0v) is 13.8. The minimum Gasteiger partial charge on any atom is -0.495 e. The summed E-state index contributed by atoms with van der Waals surface area (Å²) in [5, 5.41) is 3.80. The molecular weight excluding hydrogens is 349 g/mol. The largest absolute Gasteiger partial charge is 0.495 e. The fraction of sp³-hybridized carbons (Fsp3) is 0.133. The third kappa shape index (κ3) is 4.19. The Hall–Kier alpha value is -1.62. The number of benzene rings is 2. The SMILES string of the molecule is COc1ccc(Cl)cc1NC(=O)COc1c(Cl)cccc1Cl. The molecule has 0 atom stereocenters. The summed E-state index contributed by atoms with van der Waals surface area (Å²) in [5.74, 6) is 0.365. The van der Waals surface area contributed by atoms with E-state index in [-0.39, 0.29) is 12.4 Å². The van der Waals surface area contributed by atoms with Crippen LogP contribution in [0.25, 0.3) is 0 Å². The number of ether oxygens (including phenoxy) is 2. The first-order chi connectivity index (χ1) is 10.5. The Balaban J connectivity index is 2.03. The lowest BCUT2D eigenvalue weighted by Crippen LogP contribution is -2.20. The number of hydrogen-bond acceptors (Lipinski definition) is 3. The smallest absolute Gasteiger partial charge is 0.262 e. The van der Waals surface area contributed by atoms with E-state index in [1.807, 2.05) is 0 Å². The molecule has 2 aromatic carbocycles. The van der Waals surface area contributed by atoms with Crippen LogP contribution < -0.4 is 14.8 Å². The maximum atomic E-state index is 12.0. The van der Waals surface area contributed by atoms with E-state index in [1.165, 1.54) is 7.11 Å². The Kier molecular flexibility index (Phi) is 5.77. The third-order valence-corrected chi connectivity index (χ3v) is 3.53. The lowest BCUT2D eigenvalue weighted by Gasteiger charge is -2.12. The van der Waals surface area contributed by atoms with Crippen LogP contribution in [0.2, 0.25) is 15.1 Å². The van der Waals surface area contributed by atoms with Gasteiger partial charge in [-0.1, -0.05) is 40.9 Å². The molecule has 4 nitrogen and oxygen atoms in total. The minimum atomic E-state index is -0.392. The summed E-state index contributed by atoms with van der Waals surface area (Å²) in [6.07, 6.45) is 0. The molecule has 0 radical (unpaired) electrons. The monoisotopic (exact) mass is 359 g/mol. The van der Waals surface area contributed by atoms with E-state index >= 15 is 0 Å². The van der Waals surface area contributed by atoms with Gasteiger partial charge in [0, 0.05) is 5.02 Å². The Morgan fingerprint density at radius 3 is 2.45 bits per heavy atom. The fourth-order valence-electron chi connectivity index (χ4n) is 1.72. The van der Waals surface area contributed by atoms with Gasteiger partial charge in [-0.05, 0) is 30.3 Å². The molecular formula is C15H12Cl3NO3. The standard InChI is InChI=1S/C15H12Cl3NO3/c1-21-13-6-5-9(16)7-12(13)19-14(20)8-22-15-10(17)3-2-4-11(15)18/h2-7H,8H2,1H3,(H,19,20). The van der Waals surface area contributed by atoms with Crippen molar-refractivity contribution in [3.8, 4) is 11.5 Å². The average molecular weight is 361 g/mol. The lowest BCUT2D eigenvalue weighted by molar-refractivity contribution is -0.118. The molecule has 0 aliphatic rings. The summed E-state index contributed by atoms with van der Waals surface area (Å²) >= 11 is 17.8. The van der Waals surface area contributed by atoms with Gasteiger partial charge in [-0.3, -0.25) is 4.79 Å². The van der Waals surface area contributed by atoms with Crippen LogP contribution in [0, 0.1) is 0 Å². The predicted octanol–water partition coefficient (Wildman–Crippen LogP) is 4.67. The quantitative estimate of drug-likeness (QED) is 0.842. The van der Waals surface area contributed by atoms with Gasteiger partial charge in [-0.2, -0.15) is 0 Å². The Morgan fingerprint density at radius 1 is 1.14 bits per heavy atom. The summed E-state index contributed by atoms with van der Waals surface area (Å²) in [6.45, 7) is -0.251. The molecule has 0 bridgehead atoms. The molecule has 116 valence electrons. The van der Waals surface area contributed by atoms with E-state index in [1.54, 1.807) is 36.4 Å². The van der Waals surface area contributed by atoms with Crippen molar-refractivity contribution in [2.75, 3.05) is 19.0 Å². The van der Waals surface area contributed by atoms with Gasteiger partial charge in [0.2, 0.25) is 0 Å². The van der Waals surface area contributed by atoms with Gasteiger partial charge in [0.05, 0.1) is 22.8 Å². The number of halogens is 3. The molecule has 1 N–H and O–H groups in total. The first kappa shape index (κ1) is 16.7. The van der Waals surface area contributed by atoms with Crippen LogP contribution in [0.1, 0.15) is 0 Å².